The third-order valence-electron chi connectivity index (χ3n) is 5.11. The fourth-order valence-corrected chi connectivity index (χ4v) is 3.51. The Morgan fingerprint density at radius 3 is 1.56 bits per heavy atom. The maximum absolute atomic E-state index is 5.60. The van der Waals surface area contributed by atoms with Gasteiger partial charge in [-0.25, -0.2) is 0 Å². The Labute approximate surface area is 111 Å². The monoisotopic (exact) mass is 252 g/mol. The van der Waals surface area contributed by atoms with Crippen LogP contribution < -0.4 is 11.5 Å². The van der Waals surface area contributed by atoms with Crippen molar-refractivity contribution in [3.8, 4) is 0 Å². The van der Waals surface area contributed by atoms with E-state index in [0.717, 1.165) is 26.2 Å². The Morgan fingerprint density at radius 1 is 0.722 bits per heavy atom. The van der Waals surface area contributed by atoms with Gasteiger partial charge in [-0.1, -0.05) is 25.7 Å². The van der Waals surface area contributed by atoms with Gasteiger partial charge in [-0.2, -0.15) is 10.2 Å². The number of nitrogens with zero attached hydrogens (tertiary/aromatic N) is 2. The van der Waals surface area contributed by atoms with E-state index in [2.05, 4.69) is 10.2 Å². The number of nitrogens with two attached hydrogens (primary N) is 2. The summed E-state index contributed by atoms with van der Waals surface area (Å²) >= 11 is 0. The van der Waals surface area contributed by atoms with Crippen LogP contribution in [0, 0.1) is 10.8 Å². The predicted octanol–water partition coefficient (Wildman–Crippen LogP) is 2.48. The average molecular weight is 252 g/mol. The standard InChI is InChI=1S/C7H12N2.C7H16N2/c1-2-4-7(3-1)5-8-9-6-7;8-5-7(6-9)3-1-2-4-7/h1-6H2;1-6,8-9H2. The molecule has 3 rings (SSSR count). The Kier molecular flexibility index (Phi) is 4.73. The number of rotatable bonds is 2. The van der Waals surface area contributed by atoms with Gasteiger partial charge < -0.3 is 11.5 Å². The molecule has 18 heavy (non-hydrogen) atoms. The molecule has 0 aromatic heterocycles. The van der Waals surface area contributed by atoms with Crippen LogP contribution in [0.2, 0.25) is 0 Å². The van der Waals surface area contributed by atoms with Gasteiger partial charge in [0.05, 0.1) is 13.1 Å². The molecule has 1 spiro atoms. The van der Waals surface area contributed by atoms with Crippen LogP contribution in [0.15, 0.2) is 10.2 Å². The summed E-state index contributed by atoms with van der Waals surface area (Å²) in [6.45, 7) is 3.60. The molecule has 0 atom stereocenters. The molecule has 2 fully saturated rings. The predicted molar refractivity (Wildman–Crippen MR) is 74.5 cm³/mol. The lowest BCUT2D eigenvalue weighted by atomic mass is 9.87. The van der Waals surface area contributed by atoms with Gasteiger partial charge in [0, 0.05) is 5.41 Å². The van der Waals surface area contributed by atoms with E-state index in [1.54, 1.807) is 0 Å². The van der Waals surface area contributed by atoms with Crippen LogP contribution in [-0.2, 0) is 0 Å². The molecule has 4 nitrogen and oxygen atoms in total. The van der Waals surface area contributed by atoms with E-state index in [9.17, 15) is 0 Å². The molecule has 0 aromatic rings. The highest BCUT2D eigenvalue weighted by Crippen LogP contribution is 2.41. The number of azo groups is 1. The fourth-order valence-electron chi connectivity index (χ4n) is 3.51. The fraction of sp³-hybridized carbons (Fsp3) is 1.00. The molecule has 1 heterocycles. The van der Waals surface area contributed by atoms with Crippen LogP contribution in [0.25, 0.3) is 0 Å². The van der Waals surface area contributed by atoms with Gasteiger partial charge in [-0.05, 0) is 44.2 Å². The lowest BCUT2D eigenvalue weighted by molar-refractivity contribution is 0.321. The minimum Gasteiger partial charge on any atom is -0.330 e. The normalized spacial score (nSPS) is 27.4. The van der Waals surface area contributed by atoms with Gasteiger partial charge in [0.1, 0.15) is 0 Å². The third kappa shape index (κ3) is 3.09. The summed E-state index contributed by atoms with van der Waals surface area (Å²) in [5, 5.41) is 8.09. The van der Waals surface area contributed by atoms with Gasteiger partial charge in [-0.3, -0.25) is 0 Å². The van der Waals surface area contributed by atoms with Crippen LogP contribution >= 0.6 is 0 Å². The largest absolute Gasteiger partial charge is 0.330 e. The van der Waals surface area contributed by atoms with Crippen molar-refractivity contribution < 1.29 is 0 Å². The summed E-state index contributed by atoms with van der Waals surface area (Å²) < 4.78 is 0. The van der Waals surface area contributed by atoms with Gasteiger partial charge in [0.2, 0.25) is 0 Å². The molecule has 0 saturated heterocycles. The lowest BCUT2D eigenvalue weighted by Crippen LogP contribution is -2.35. The molecular weight excluding hydrogens is 224 g/mol. The first-order valence-electron chi connectivity index (χ1n) is 7.48. The summed E-state index contributed by atoms with van der Waals surface area (Å²) in [4.78, 5) is 0. The molecule has 2 saturated carbocycles. The number of hydrogen-bond acceptors (Lipinski definition) is 4. The van der Waals surface area contributed by atoms with Crippen LogP contribution in [0.4, 0.5) is 0 Å². The Bertz CT molecular complexity index is 250. The second-order valence-electron chi connectivity index (χ2n) is 6.42. The first-order valence-corrected chi connectivity index (χ1v) is 7.48. The zero-order chi connectivity index (χ0) is 12.9. The van der Waals surface area contributed by atoms with E-state index in [0.29, 0.717) is 10.8 Å². The highest BCUT2D eigenvalue weighted by Gasteiger charge is 2.36. The maximum Gasteiger partial charge on any atom is 0.0673 e. The molecule has 0 radical (unpaired) electrons. The van der Waals surface area contributed by atoms with Crippen molar-refractivity contribution in [2.45, 2.75) is 51.4 Å². The van der Waals surface area contributed by atoms with Gasteiger partial charge >= 0.3 is 0 Å². The van der Waals surface area contributed by atoms with Crippen molar-refractivity contribution >= 4 is 0 Å². The molecule has 3 aliphatic rings. The quantitative estimate of drug-likeness (QED) is 0.792. The SMILES string of the molecule is C1CCC2(C1)CN=NC2.NCC1(CN)CCCC1. The molecule has 1 aliphatic heterocycles. The van der Waals surface area contributed by atoms with E-state index >= 15 is 0 Å². The second-order valence-corrected chi connectivity index (χ2v) is 6.42. The van der Waals surface area contributed by atoms with E-state index in [-0.39, 0.29) is 0 Å². The van der Waals surface area contributed by atoms with E-state index in [1.165, 1.54) is 51.4 Å². The van der Waals surface area contributed by atoms with Crippen LogP contribution in [0.5, 0.6) is 0 Å². The molecule has 2 aliphatic carbocycles. The Morgan fingerprint density at radius 2 is 1.17 bits per heavy atom. The summed E-state index contributed by atoms with van der Waals surface area (Å²) in [7, 11) is 0. The summed E-state index contributed by atoms with van der Waals surface area (Å²) in [5.74, 6) is 0. The average Bonchev–Trinajstić information content (AvgIpc) is 3.15. The molecule has 0 unspecified atom stereocenters. The van der Waals surface area contributed by atoms with E-state index in [4.69, 9.17) is 11.5 Å². The topological polar surface area (TPSA) is 76.8 Å². The van der Waals surface area contributed by atoms with Crippen LogP contribution in [0.3, 0.4) is 0 Å². The first kappa shape index (κ1) is 13.9. The summed E-state index contributed by atoms with van der Waals surface area (Å²) in [5.41, 5.74) is 12.1. The van der Waals surface area contributed by atoms with Crippen molar-refractivity contribution in [1.82, 2.24) is 0 Å². The molecule has 104 valence electrons. The third-order valence-corrected chi connectivity index (χ3v) is 5.11. The summed E-state index contributed by atoms with van der Waals surface area (Å²) in [6, 6.07) is 0. The van der Waals surface area contributed by atoms with Crippen molar-refractivity contribution in [3.63, 3.8) is 0 Å². The smallest absolute Gasteiger partial charge is 0.0673 e. The molecular formula is C14H28N4. The zero-order valence-corrected chi connectivity index (χ0v) is 11.5. The minimum atomic E-state index is 0.333. The maximum atomic E-state index is 5.60. The molecule has 0 aromatic carbocycles. The number of hydrogen-bond donors (Lipinski definition) is 2. The Balaban J connectivity index is 0.000000134. The van der Waals surface area contributed by atoms with Crippen LogP contribution in [0.1, 0.15) is 51.4 Å². The first-order chi connectivity index (χ1) is 8.74. The second kappa shape index (κ2) is 6.11. The summed E-state index contributed by atoms with van der Waals surface area (Å²) in [6.07, 6.45) is 10.7. The highest BCUT2D eigenvalue weighted by molar-refractivity contribution is 4.90. The van der Waals surface area contributed by atoms with Crippen molar-refractivity contribution in [2.75, 3.05) is 26.2 Å². The van der Waals surface area contributed by atoms with Gasteiger partial charge in [0.15, 0.2) is 0 Å². The lowest BCUT2D eigenvalue weighted by Gasteiger charge is -2.24. The Hall–Kier alpha value is -0.480. The van der Waals surface area contributed by atoms with Crippen molar-refractivity contribution in [2.24, 2.45) is 32.5 Å². The molecule has 4 heteroatoms. The minimum absolute atomic E-state index is 0.333. The van der Waals surface area contributed by atoms with E-state index < -0.39 is 0 Å². The molecule has 0 bridgehead atoms. The molecule has 4 N–H and O–H groups in total. The highest BCUT2D eigenvalue weighted by atomic mass is 15.2. The molecule has 0 amide bonds. The zero-order valence-electron chi connectivity index (χ0n) is 11.5. The van der Waals surface area contributed by atoms with E-state index in [1.807, 2.05) is 0 Å². The van der Waals surface area contributed by atoms with Crippen LogP contribution in [-0.4, -0.2) is 26.2 Å². The van der Waals surface area contributed by atoms with Crippen molar-refractivity contribution in [1.29, 1.82) is 0 Å². The van der Waals surface area contributed by atoms with Gasteiger partial charge in [-0.15, -0.1) is 0 Å². The van der Waals surface area contributed by atoms with Crippen molar-refractivity contribution in [3.05, 3.63) is 0 Å². The van der Waals surface area contributed by atoms with Gasteiger partial charge in [0.25, 0.3) is 0 Å².